The monoisotopic (exact) mass is 273 g/mol. The predicted molar refractivity (Wildman–Crippen MR) is 82.3 cm³/mol. The first-order chi connectivity index (χ1) is 9.65. The van der Waals surface area contributed by atoms with Gasteiger partial charge in [0.2, 0.25) is 5.88 Å². The van der Waals surface area contributed by atoms with Crippen molar-refractivity contribution in [3.63, 3.8) is 0 Å². The maximum absolute atomic E-state index is 5.40. The number of benzene rings is 1. The summed E-state index contributed by atoms with van der Waals surface area (Å²) in [7, 11) is 3.58. The highest BCUT2D eigenvalue weighted by Crippen LogP contribution is 2.22. The molecule has 0 saturated heterocycles. The van der Waals surface area contributed by atoms with Crippen LogP contribution < -0.4 is 10.1 Å². The number of ether oxygens (including phenoxy) is 1. The zero-order chi connectivity index (χ0) is 14.5. The molecule has 2 aromatic rings. The second-order valence-corrected chi connectivity index (χ2v) is 5.00. The van der Waals surface area contributed by atoms with Gasteiger partial charge in [0.25, 0.3) is 0 Å². The van der Waals surface area contributed by atoms with Crippen LogP contribution in [0.25, 0.3) is 0 Å². The fraction of sp³-hybridized carbons (Fsp3) is 0.438. The van der Waals surface area contributed by atoms with Gasteiger partial charge in [0.15, 0.2) is 0 Å². The Morgan fingerprint density at radius 3 is 2.55 bits per heavy atom. The molecule has 0 aliphatic carbocycles. The lowest BCUT2D eigenvalue weighted by atomic mass is 10.1. The van der Waals surface area contributed by atoms with E-state index in [-0.39, 0.29) is 0 Å². The molecule has 1 N–H and O–H groups in total. The van der Waals surface area contributed by atoms with E-state index in [4.69, 9.17) is 4.74 Å². The summed E-state index contributed by atoms with van der Waals surface area (Å²) in [4.78, 5) is 0. The molecule has 0 aliphatic heterocycles. The molecule has 2 rings (SSSR count). The first-order valence-corrected chi connectivity index (χ1v) is 7.05. The van der Waals surface area contributed by atoms with Crippen molar-refractivity contribution < 1.29 is 4.74 Å². The van der Waals surface area contributed by atoms with Gasteiger partial charge in [-0.25, -0.2) is 4.68 Å². The SMILES string of the molecule is CCCc1ccc(NCc2c(C)nn(C)c2OC)cc1. The number of hydrogen-bond acceptors (Lipinski definition) is 3. The van der Waals surface area contributed by atoms with Gasteiger partial charge in [0.05, 0.1) is 18.4 Å². The lowest BCUT2D eigenvalue weighted by Gasteiger charge is -2.09. The van der Waals surface area contributed by atoms with Gasteiger partial charge < -0.3 is 10.1 Å². The average molecular weight is 273 g/mol. The Morgan fingerprint density at radius 1 is 1.25 bits per heavy atom. The van der Waals surface area contributed by atoms with E-state index < -0.39 is 0 Å². The minimum absolute atomic E-state index is 0.718. The molecule has 4 nitrogen and oxygen atoms in total. The van der Waals surface area contributed by atoms with Crippen molar-refractivity contribution in [2.24, 2.45) is 7.05 Å². The van der Waals surface area contributed by atoms with Crippen LogP contribution in [-0.2, 0) is 20.0 Å². The van der Waals surface area contributed by atoms with E-state index >= 15 is 0 Å². The molecule has 4 heteroatoms. The van der Waals surface area contributed by atoms with Crippen LogP contribution in [0.4, 0.5) is 5.69 Å². The molecular formula is C16H23N3O. The van der Waals surface area contributed by atoms with Crippen molar-refractivity contribution in [2.75, 3.05) is 12.4 Å². The number of methoxy groups -OCH3 is 1. The Kier molecular flexibility index (Phi) is 4.66. The summed E-state index contributed by atoms with van der Waals surface area (Å²) in [6.45, 7) is 4.92. The lowest BCUT2D eigenvalue weighted by Crippen LogP contribution is -2.03. The van der Waals surface area contributed by atoms with Gasteiger partial charge in [-0.2, -0.15) is 5.10 Å². The van der Waals surface area contributed by atoms with Crippen LogP contribution in [0.1, 0.15) is 30.2 Å². The summed E-state index contributed by atoms with van der Waals surface area (Å²) in [5.74, 6) is 0.817. The van der Waals surface area contributed by atoms with Crippen molar-refractivity contribution in [3.05, 3.63) is 41.1 Å². The molecule has 0 amide bonds. The van der Waals surface area contributed by atoms with E-state index in [9.17, 15) is 0 Å². The Hall–Kier alpha value is -1.97. The highest BCUT2D eigenvalue weighted by atomic mass is 16.5. The second kappa shape index (κ2) is 6.46. The van der Waals surface area contributed by atoms with Gasteiger partial charge in [-0.3, -0.25) is 0 Å². The van der Waals surface area contributed by atoms with E-state index in [1.165, 1.54) is 12.0 Å². The first kappa shape index (κ1) is 14.4. The van der Waals surface area contributed by atoms with Crippen LogP contribution in [0.3, 0.4) is 0 Å². The molecule has 1 heterocycles. The van der Waals surface area contributed by atoms with E-state index in [0.717, 1.165) is 35.8 Å². The van der Waals surface area contributed by atoms with Crippen molar-refractivity contribution in [2.45, 2.75) is 33.2 Å². The fourth-order valence-electron chi connectivity index (χ4n) is 2.41. The van der Waals surface area contributed by atoms with Gasteiger partial charge in [0, 0.05) is 19.3 Å². The quantitative estimate of drug-likeness (QED) is 0.877. The molecule has 0 spiro atoms. The third kappa shape index (κ3) is 3.13. The number of hydrogen-bond donors (Lipinski definition) is 1. The summed E-state index contributed by atoms with van der Waals surface area (Å²) in [6, 6.07) is 8.62. The normalized spacial score (nSPS) is 10.6. The van der Waals surface area contributed by atoms with Crippen molar-refractivity contribution in [3.8, 4) is 5.88 Å². The zero-order valence-corrected chi connectivity index (χ0v) is 12.7. The molecule has 0 radical (unpaired) electrons. The van der Waals surface area contributed by atoms with Crippen molar-refractivity contribution >= 4 is 5.69 Å². The average Bonchev–Trinajstić information content (AvgIpc) is 2.72. The standard InChI is InChI=1S/C16H23N3O/c1-5-6-13-7-9-14(10-8-13)17-11-15-12(2)18-19(3)16(15)20-4/h7-10,17H,5-6,11H2,1-4H3. The highest BCUT2D eigenvalue weighted by Gasteiger charge is 2.13. The van der Waals surface area contributed by atoms with Crippen LogP contribution in [0.15, 0.2) is 24.3 Å². The Balaban J connectivity index is 2.05. The molecule has 1 aromatic heterocycles. The number of aryl methyl sites for hydroxylation is 3. The molecule has 0 aliphatic rings. The lowest BCUT2D eigenvalue weighted by molar-refractivity contribution is 0.370. The van der Waals surface area contributed by atoms with E-state index in [1.54, 1.807) is 11.8 Å². The van der Waals surface area contributed by atoms with E-state index in [1.807, 2.05) is 14.0 Å². The molecule has 108 valence electrons. The number of aromatic nitrogens is 2. The number of nitrogens with zero attached hydrogens (tertiary/aromatic N) is 2. The summed E-state index contributed by atoms with van der Waals surface area (Å²) in [6.07, 6.45) is 2.31. The number of rotatable bonds is 6. The van der Waals surface area contributed by atoms with E-state index in [2.05, 4.69) is 41.6 Å². The summed E-state index contributed by atoms with van der Waals surface area (Å²) in [5, 5.41) is 7.81. The van der Waals surface area contributed by atoms with E-state index in [0.29, 0.717) is 0 Å². The Labute approximate surface area is 120 Å². The van der Waals surface area contributed by atoms with Crippen LogP contribution in [0.5, 0.6) is 5.88 Å². The first-order valence-electron chi connectivity index (χ1n) is 7.05. The highest BCUT2D eigenvalue weighted by molar-refractivity contribution is 5.46. The van der Waals surface area contributed by atoms with Crippen molar-refractivity contribution in [1.29, 1.82) is 0 Å². The van der Waals surface area contributed by atoms with Crippen LogP contribution in [-0.4, -0.2) is 16.9 Å². The van der Waals surface area contributed by atoms with Crippen LogP contribution in [0, 0.1) is 6.92 Å². The number of nitrogens with one attached hydrogen (secondary N) is 1. The molecule has 0 atom stereocenters. The topological polar surface area (TPSA) is 39.1 Å². The molecule has 0 fully saturated rings. The van der Waals surface area contributed by atoms with Crippen LogP contribution in [0.2, 0.25) is 0 Å². The summed E-state index contributed by atoms with van der Waals surface area (Å²) in [5.41, 5.74) is 4.61. The Morgan fingerprint density at radius 2 is 1.95 bits per heavy atom. The number of anilines is 1. The summed E-state index contributed by atoms with van der Waals surface area (Å²) < 4.78 is 7.17. The van der Waals surface area contributed by atoms with Crippen LogP contribution >= 0.6 is 0 Å². The van der Waals surface area contributed by atoms with Crippen molar-refractivity contribution in [1.82, 2.24) is 9.78 Å². The minimum Gasteiger partial charge on any atom is -0.481 e. The third-order valence-corrected chi connectivity index (χ3v) is 3.44. The fourth-order valence-corrected chi connectivity index (χ4v) is 2.41. The molecule has 20 heavy (non-hydrogen) atoms. The maximum Gasteiger partial charge on any atom is 0.216 e. The summed E-state index contributed by atoms with van der Waals surface area (Å²) >= 11 is 0. The zero-order valence-electron chi connectivity index (χ0n) is 12.7. The smallest absolute Gasteiger partial charge is 0.216 e. The van der Waals surface area contributed by atoms with Gasteiger partial charge in [-0.15, -0.1) is 0 Å². The van der Waals surface area contributed by atoms with Gasteiger partial charge in [-0.1, -0.05) is 25.5 Å². The molecule has 1 aromatic carbocycles. The third-order valence-electron chi connectivity index (χ3n) is 3.44. The van der Waals surface area contributed by atoms with Gasteiger partial charge in [0.1, 0.15) is 0 Å². The maximum atomic E-state index is 5.40. The second-order valence-electron chi connectivity index (χ2n) is 5.00. The van der Waals surface area contributed by atoms with Gasteiger partial charge in [-0.05, 0) is 31.0 Å². The molecular weight excluding hydrogens is 250 g/mol. The Bertz CT molecular complexity index is 558. The van der Waals surface area contributed by atoms with Gasteiger partial charge >= 0.3 is 0 Å². The predicted octanol–water partition coefficient (Wildman–Crippen LogP) is 3.30. The molecule has 0 unspecified atom stereocenters. The minimum atomic E-state index is 0.718. The largest absolute Gasteiger partial charge is 0.481 e. The molecule has 0 bridgehead atoms. The molecule has 0 saturated carbocycles.